The molecule has 0 aliphatic rings. The first-order valence-electron chi connectivity index (χ1n) is 4.17. The van der Waals surface area contributed by atoms with Gasteiger partial charge in [-0.2, -0.15) is 13.2 Å². The molecule has 1 aromatic carbocycles. The Morgan fingerprint density at radius 3 is 1.67 bits per heavy atom. The van der Waals surface area contributed by atoms with Crippen LogP contribution in [-0.2, 0) is 6.18 Å². The summed E-state index contributed by atoms with van der Waals surface area (Å²) >= 11 is 0. The Kier molecular flexibility index (Phi) is 3.30. The van der Waals surface area contributed by atoms with Gasteiger partial charge >= 0.3 is 6.18 Å². The average molecular weight is 264 g/mol. The Morgan fingerprint density at radius 1 is 1.06 bits per heavy atom. The highest BCUT2D eigenvalue weighted by atomic mass is 19.4. The number of nitro groups is 2. The summed E-state index contributed by atoms with van der Waals surface area (Å²) in [5, 5.41) is 21.0. The molecule has 0 heterocycles. The Balaban J connectivity index is 3.78. The van der Waals surface area contributed by atoms with Crippen molar-refractivity contribution in [2.45, 2.75) is 6.18 Å². The van der Waals surface area contributed by atoms with E-state index in [2.05, 4.69) is 0 Å². The van der Waals surface area contributed by atoms with Crippen molar-refractivity contribution in [3.05, 3.63) is 43.5 Å². The fourth-order valence-corrected chi connectivity index (χ4v) is 1.28. The Bertz CT molecular complexity index is 505. The zero-order valence-corrected chi connectivity index (χ0v) is 8.30. The minimum atomic E-state index is -5.27. The van der Waals surface area contributed by atoms with Crippen LogP contribution in [0.5, 0.6) is 0 Å². The van der Waals surface area contributed by atoms with Crippen molar-refractivity contribution in [3.8, 4) is 0 Å². The van der Waals surface area contributed by atoms with Gasteiger partial charge in [0.15, 0.2) is 6.29 Å². The number of hydrogen-bond donors (Lipinski definition) is 0. The second kappa shape index (κ2) is 4.39. The molecular weight excluding hydrogens is 261 g/mol. The van der Waals surface area contributed by atoms with Gasteiger partial charge in [0.1, 0.15) is 0 Å². The normalized spacial score (nSPS) is 11.1. The van der Waals surface area contributed by atoms with Crippen molar-refractivity contribution in [2.75, 3.05) is 0 Å². The van der Waals surface area contributed by atoms with E-state index in [0.717, 1.165) is 0 Å². The molecule has 1 rings (SSSR count). The molecule has 7 nitrogen and oxygen atoms in total. The molecule has 0 atom stereocenters. The van der Waals surface area contributed by atoms with E-state index in [9.17, 15) is 38.2 Å². The Morgan fingerprint density at radius 2 is 1.44 bits per heavy atom. The van der Waals surface area contributed by atoms with Gasteiger partial charge in [0.2, 0.25) is 5.56 Å². The fraction of sp³-hybridized carbons (Fsp3) is 0.125. The first-order valence-corrected chi connectivity index (χ1v) is 4.17. The molecule has 0 aliphatic heterocycles. The lowest BCUT2D eigenvalue weighted by Crippen LogP contribution is -2.13. The highest BCUT2D eigenvalue weighted by molar-refractivity contribution is 5.79. The predicted octanol–water partition coefficient (Wildman–Crippen LogP) is 2.33. The number of rotatable bonds is 3. The minimum Gasteiger partial charge on any atom is -0.298 e. The Hall–Kier alpha value is -2.52. The number of carbonyl (C=O) groups excluding carboxylic acids is 1. The van der Waals surface area contributed by atoms with Gasteiger partial charge in [0.25, 0.3) is 11.4 Å². The maximum atomic E-state index is 12.6. The van der Waals surface area contributed by atoms with Crippen LogP contribution in [0.3, 0.4) is 0 Å². The van der Waals surface area contributed by atoms with Crippen molar-refractivity contribution < 1.29 is 27.8 Å². The summed E-state index contributed by atoms with van der Waals surface area (Å²) in [6, 6.07) is 0.672. The molecular formula is C8H3F3N2O5. The summed E-state index contributed by atoms with van der Waals surface area (Å²) in [6.07, 6.45) is -5.29. The van der Waals surface area contributed by atoms with Crippen molar-refractivity contribution in [2.24, 2.45) is 0 Å². The summed E-state index contributed by atoms with van der Waals surface area (Å²) in [6.45, 7) is 0. The largest absolute Gasteiger partial charge is 0.429 e. The van der Waals surface area contributed by atoms with Crippen LogP contribution >= 0.6 is 0 Å². The van der Waals surface area contributed by atoms with Crippen LogP contribution in [0.15, 0.2) is 12.1 Å². The third-order valence-corrected chi connectivity index (χ3v) is 1.93. The molecule has 0 aliphatic carbocycles. The predicted molar refractivity (Wildman–Crippen MR) is 50.1 cm³/mol. The van der Waals surface area contributed by atoms with Crippen LogP contribution < -0.4 is 0 Å². The summed E-state index contributed by atoms with van der Waals surface area (Å²) in [4.78, 5) is 28.5. The van der Waals surface area contributed by atoms with Gasteiger partial charge in [-0.1, -0.05) is 0 Å². The molecule has 0 bridgehead atoms. The number of carbonyl (C=O) groups is 1. The third-order valence-electron chi connectivity index (χ3n) is 1.93. The van der Waals surface area contributed by atoms with Crippen molar-refractivity contribution in [3.63, 3.8) is 0 Å². The lowest BCUT2D eigenvalue weighted by atomic mass is 10.1. The summed E-state index contributed by atoms with van der Waals surface area (Å²) < 4.78 is 37.7. The second-order valence-electron chi connectivity index (χ2n) is 3.06. The highest BCUT2D eigenvalue weighted by Crippen LogP contribution is 2.42. The van der Waals surface area contributed by atoms with Gasteiger partial charge in [-0.15, -0.1) is 0 Å². The zero-order chi connectivity index (χ0) is 14.1. The summed E-state index contributed by atoms with van der Waals surface area (Å²) in [5.41, 5.74) is -5.62. The summed E-state index contributed by atoms with van der Waals surface area (Å²) in [5.74, 6) is 0. The maximum Gasteiger partial charge on any atom is 0.429 e. The number of benzene rings is 1. The average Bonchev–Trinajstić information content (AvgIpc) is 2.25. The van der Waals surface area contributed by atoms with Gasteiger partial charge in [-0.3, -0.25) is 25.0 Å². The second-order valence-corrected chi connectivity index (χ2v) is 3.06. The van der Waals surface area contributed by atoms with Gasteiger partial charge < -0.3 is 0 Å². The number of alkyl halides is 3. The van der Waals surface area contributed by atoms with E-state index in [0.29, 0.717) is 12.1 Å². The molecule has 96 valence electrons. The zero-order valence-electron chi connectivity index (χ0n) is 8.30. The molecule has 0 spiro atoms. The number of nitro benzene ring substituents is 2. The molecule has 0 N–H and O–H groups in total. The minimum absolute atomic E-state index is 0.0137. The van der Waals surface area contributed by atoms with Crippen LogP contribution in [0.2, 0.25) is 0 Å². The van der Waals surface area contributed by atoms with Crippen LogP contribution in [0.1, 0.15) is 15.9 Å². The Labute approximate surface area is 96.1 Å². The van der Waals surface area contributed by atoms with E-state index in [1.807, 2.05) is 0 Å². The van der Waals surface area contributed by atoms with E-state index in [-0.39, 0.29) is 6.29 Å². The van der Waals surface area contributed by atoms with Crippen LogP contribution in [-0.4, -0.2) is 16.1 Å². The van der Waals surface area contributed by atoms with Crippen molar-refractivity contribution >= 4 is 17.7 Å². The van der Waals surface area contributed by atoms with Gasteiger partial charge in [-0.25, -0.2) is 0 Å². The number of halogens is 3. The summed E-state index contributed by atoms with van der Waals surface area (Å²) in [7, 11) is 0. The number of hydrogen-bond acceptors (Lipinski definition) is 5. The topological polar surface area (TPSA) is 103 Å². The maximum absolute atomic E-state index is 12.6. The standard InChI is InChI=1S/C8H3F3N2O5/c9-8(10,11)7-5(12(15)16)1-4(3-14)2-6(7)13(17)18/h1-3H. The number of nitrogens with zero attached hydrogens (tertiary/aromatic N) is 2. The molecule has 0 aromatic heterocycles. The van der Waals surface area contributed by atoms with E-state index in [1.165, 1.54) is 0 Å². The first-order chi connectivity index (χ1) is 8.18. The molecule has 0 saturated heterocycles. The van der Waals surface area contributed by atoms with E-state index >= 15 is 0 Å². The first kappa shape index (κ1) is 13.5. The van der Waals surface area contributed by atoms with Gasteiger partial charge in [0.05, 0.1) is 9.85 Å². The van der Waals surface area contributed by atoms with Gasteiger partial charge in [0, 0.05) is 17.7 Å². The van der Waals surface area contributed by atoms with Crippen LogP contribution in [0.4, 0.5) is 24.5 Å². The quantitative estimate of drug-likeness (QED) is 0.473. The molecule has 0 radical (unpaired) electrons. The molecule has 18 heavy (non-hydrogen) atoms. The third kappa shape index (κ3) is 2.42. The van der Waals surface area contributed by atoms with E-state index < -0.39 is 38.5 Å². The smallest absolute Gasteiger partial charge is 0.298 e. The van der Waals surface area contributed by atoms with Crippen molar-refractivity contribution in [1.29, 1.82) is 0 Å². The molecule has 10 heteroatoms. The SMILES string of the molecule is O=Cc1cc([N+](=O)[O-])c(C(F)(F)F)c([N+](=O)[O-])c1. The highest BCUT2D eigenvalue weighted by Gasteiger charge is 2.45. The monoisotopic (exact) mass is 264 g/mol. The molecule has 0 saturated carbocycles. The van der Waals surface area contributed by atoms with Crippen LogP contribution in [0, 0.1) is 20.2 Å². The molecule has 0 unspecified atom stereocenters. The molecule has 0 amide bonds. The van der Waals surface area contributed by atoms with Crippen LogP contribution in [0.25, 0.3) is 0 Å². The fourth-order valence-electron chi connectivity index (χ4n) is 1.28. The lowest BCUT2D eigenvalue weighted by molar-refractivity contribution is -0.400. The lowest BCUT2D eigenvalue weighted by Gasteiger charge is -2.08. The molecule has 1 aromatic rings. The van der Waals surface area contributed by atoms with Gasteiger partial charge in [-0.05, 0) is 0 Å². The van der Waals surface area contributed by atoms with Crippen molar-refractivity contribution in [1.82, 2.24) is 0 Å². The number of aldehydes is 1. The van der Waals surface area contributed by atoms with E-state index in [1.54, 1.807) is 0 Å². The van der Waals surface area contributed by atoms with E-state index in [4.69, 9.17) is 0 Å². The molecule has 0 fully saturated rings.